The standard InChI is InChI=1S/C17H29NO/c1-13(2)18-12-17(6,19)11-14-7-9-15(10-8-14)16(3,4)5/h7-10,13,18-19H,11-12H2,1-6H3. The van der Waals surface area contributed by atoms with Crippen LogP contribution in [0, 0.1) is 0 Å². The molecule has 1 rings (SSSR count). The van der Waals surface area contributed by atoms with E-state index in [1.54, 1.807) is 0 Å². The Hall–Kier alpha value is -0.860. The average molecular weight is 263 g/mol. The fourth-order valence-corrected chi connectivity index (χ4v) is 2.05. The second-order valence-electron chi connectivity index (χ2n) is 7.16. The molecular weight excluding hydrogens is 234 g/mol. The highest BCUT2D eigenvalue weighted by Gasteiger charge is 2.21. The van der Waals surface area contributed by atoms with Gasteiger partial charge in [-0.2, -0.15) is 0 Å². The summed E-state index contributed by atoms with van der Waals surface area (Å²) in [5, 5.41) is 13.7. The molecule has 2 nitrogen and oxygen atoms in total. The second kappa shape index (κ2) is 6.06. The van der Waals surface area contributed by atoms with E-state index in [4.69, 9.17) is 0 Å². The van der Waals surface area contributed by atoms with Crippen LogP contribution in [0.1, 0.15) is 52.7 Å². The van der Waals surface area contributed by atoms with Gasteiger partial charge >= 0.3 is 0 Å². The van der Waals surface area contributed by atoms with Crippen LogP contribution in [-0.2, 0) is 11.8 Å². The summed E-state index contributed by atoms with van der Waals surface area (Å²) >= 11 is 0. The lowest BCUT2D eigenvalue weighted by atomic mass is 9.86. The molecule has 0 aliphatic carbocycles. The van der Waals surface area contributed by atoms with Crippen molar-refractivity contribution in [1.29, 1.82) is 0 Å². The lowest BCUT2D eigenvalue weighted by Gasteiger charge is -2.26. The first-order chi connectivity index (χ1) is 8.60. The molecule has 2 heteroatoms. The number of aliphatic hydroxyl groups is 1. The molecule has 1 atom stereocenters. The molecule has 108 valence electrons. The van der Waals surface area contributed by atoms with Crippen LogP contribution in [0.15, 0.2) is 24.3 Å². The first kappa shape index (κ1) is 16.2. The molecule has 0 fully saturated rings. The summed E-state index contributed by atoms with van der Waals surface area (Å²) in [6, 6.07) is 8.99. The van der Waals surface area contributed by atoms with Crippen LogP contribution in [0.2, 0.25) is 0 Å². The van der Waals surface area contributed by atoms with Gasteiger partial charge in [0.2, 0.25) is 0 Å². The molecule has 2 N–H and O–H groups in total. The van der Waals surface area contributed by atoms with Crippen LogP contribution in [0.5, 0.6) is 0 Å². The van der Waals surface area contributed by atoms with Gasteiger partial charge in [0.1, 0.15) is 0 Å². The number of benzene rings is 1. The van der Waals surface area contributed by atoms with Crippen LogP contribution in [0.4, 0.5) is 0 Å². The van der Waals surface area contributed by atoms with E-state index in [1.165, 1.54) is 11.1 Å². The Morgan fingerprint density at radius 2 is 1.58 bits per heavy atom. The molecule has 1 aromatic carbocycles. The van der Waals surface area contributed by atoms with E-state index in [1.807, 2.05) is 6.92 Å². The van der Waals surface area contributed by atoms with Gasteiger partial charge < -0.3 is 10.4 Å². The quantitative estimate of drug-likeness (QED) is 0.854. The largest absolute Gasteiger partial charge is 0.389 e. The Balaban J connectivity index is 2.67. The first-order valence-electron chi connectivity index (χ1n) is 7.15. The minimum absolute atomic E-state index is 0.181. The SMILES string of the molecule is CC(C)NCC(C)(O)Cc1ccc(C(C)(C)C)cc1. The molecule has 1 aromatic rings. The molecule has 0 spiro atoms. The highest BCUT2D eigenvalue weighted by atomic mass is 16.3. The van der Waals surface area contributed by atoms with Crippen molar-refractivity contribution in [3.63, 3.8) is 0 Å². The summed E-state index contributed by atoms with van der Waals surface area (Å²) < 4.78 is 0. The van der Waals surface area contributed by atoms with Gasteiger partial charge in [0.15, 0.2) is 0 Å². The van der Waals surface area contributed by atoms with Crippen molar-refractivity contribution in [2.24, 2.45) is 0 Å². The summed E-state index contributed by atoms with van der Waals surface area (Å²) in [6.45, 7) is 13.3. The highest BCUT2D eigenvalue weighted by Crippen LogP contribution is 2.23. The molecule has 0 aliphatic heterocycles. The average Bonchev–Trinajstić information content (AvgIpc) is 2.25. The van der Waals surface area contributed by atoms with Gasteiger partial charge in [-0.3, -0.25) is 0 Å². The Bertz CT molecular complexity index is 385. The zero-order valence-electron chi connectivity index (χ0n) is 13.2. The monoisotopic (exact) mass is 263 g/mol. The van der Waals surface area contributed by atoms with E-state index in [0.717, 1.165) is 0 Å². The number of nitrogens with one attached hydrogen (secondary N) is 1. The van der Waals surface area contributed by atoms with Crippen LogP contribution < -0.4 is 5.32 Å². The van der Waals surface area contributed by atoms with Crippen molar-refractivity contribution < 1.29 is 5.11 Å². The topological polar surface area (TPSA) is 32.3 Å². The Labute approximate surface area is 118 Å². The summed E-state index contributed by atoms with van der Waals surface area (Å²) in [7, 11) is 0. The number of hydrogen-bond acceptors (Lipinski definition) is 2. The second-order valence-corrected chi connectivity index (χ2v) is 7.16. The van der Waals surface area contributed by atoms with Crippen molar-refractivity contribution >= 4 is 0 Å². The molecule has 0 aromatic heterocycles. The third kappa shape index (κ3) is 5.75. The fourth-order valence-electron chi connectivity index (χ4n) is 2.05. The minimum atomic E-state index is -0.701. The normalized spacial score (nSPS) is 15.6. The third-order valence-electron chi connectivity index (χ3n) is 3.30. The van der Waals surface area contributed by atoms with E-state index in [-0.39, 0.29) is 5.41 Å². The lowest BCUT2D eigenvalue weighted by Crippen LogP contribution is -2.42. The minimum Gasteiger partial charge on any atom is -0.389 e. The Kier molecular flexibility index (Phi) is 5.17. The summed E-state index contributed by atoms with van der Waals surface area (Å²) in [5.41, 5.74) is 1.99. The molecule has 0 heterocycles. The van der Waals surface area contributed by atoms with Gasteiger partial charge in [-0.15, -0.1) is 0 Å². The Morgan fingerprint density at radius 1 is 1.05 bits per heavy atom. The smallest absolute Gasteiger partial charge is 0.0783 e. The van der Waals surface area contributed by atoms with Gasteiger partial charge in [-0.1, -0.05) is 58.9 Å². The number of rotatable bonds is 5. The summed E-state index contributed by atoms with van der Waals surface area (Å²) in [4.78, 5) is 0. The predicted molar refractivity (Wildman–Crippen MR) is 82.6 cm³/mol. The molecule has 1 unspecified atom stereocenters. The molecule has 19 heavy (non-hydrogen) atoms. The molecule has 0 saturated heterocycles. The molecular formula is C17H29NO. The maximum Gasteiger partial charge on any atom is 0.0783 e. The van der Waals surface area contributed by atoms with Gasteiger partial charge in [0.25, 0.3) is 0 Å². The maximum absolute atomic E-state index is 10.4. The van der Waals surface area contributed by atoms with Crippen molar-refractivity contribution in [1.82, 2.24) is 5.32 Å². The summed E-state index contributed by atoms with van der Waals surface area (Å²) in [6.07, 6.45) is 0.678. The van der Waals surface area contributed by atoms with E-state index in [0.29, 0.717) is 19.0 Å². The zero-order valence-corrected chi connectivity index (χ0v) is 13.2. The van der Waals surface area contributed by atoms with Gasteiger partial charge in [-0.05, 0) is 23.5 Å². The zero-order chi connectivity index (χ0) is 14.7. The van der Waals surface area contributed by atoms with Crippen molar-refractivity contribution in [2.75, 3.05) is 6.54 Å². The number of hydrogen-bond donors (Lipinski definition) is 2. The fraction of sp³-hybridized carbons (Fsp3) is 0.647. The molecule has 0 saturated carbocycles. The molecule has 0 radical (unpaired) electrons. The molecule has 0 amide bonds. The third-order valence-corrected chi connectivity index (χ3v) is 3.30. The highest BCUT2D eigenvalue weighted by molar-refractivity contribution is 5.28. The van der Waals surface area contributed by atoms with Crippen molar-refractivity contribution in [2.45, 2.75) is 65.0 Å². The van der Waals surface area contributed by atoms with Crippen molar-refractivity contribution in [3.8, 4) is 0 Å². The van der Waals surface area contributed by atoms with E-state index in [9.17, 15) is 5.11 Å². The van der Waals surface area contributed by atoms with Gasteiger partial charge in [-0.25, -0.2) is 0 Å². The molecule has 0 bridgehead atoms. The summed E-state index contributed by atoms with van der Waals surface area (Å²) in [5.74, 6) is 0. The van der Waals surface area contributed by atoms with Crippen LogP contribution >= 0.6 is 0 Å². The lowest BCUT2D eigenvalue weighted by molar-refractivity contribution is 0.0581. The van der Waals surface area contributed by atoms with E-state index < -0.39 is 5.60 Å². The van der Waals surface area contributed by atoms with Gasteiger partial charge in [0, 0.05) is 19.0 Å². The molecule has 0 aliphatic rings. The van der Waals surface area contributed by atoms with E-state index >= 15 is 0 Å². The van der Waals surface area contributed by atoms with E-state index in [2.05, 4.69) is 64.2 Å². The van der Waals surface area contributed by atoms with Crippen LogP contribution in [-0.4, -0.2) is 23.3 Å². The van der Waals surface area contributed by atoms with Crippen LogP contribution in [0.25, 0.3) is 0 Å². The maximum atomic E-state index is 10.4. The van der Waals surface area contributed by atoms with Gasteiger partial charge in [0.05, 0.1) is 5.60 Å². The van der Waals surface area contributed by atoms with Crippen molar-refractivity contribution in [3.05, 3.63) is 35.4 Å². The first-order valence-corrected chi connectivity index (χ1v) is 7.15. The van der Waals surface area contributed by atoms with Crippen LogP contribution in [0.3, 0.4) is 0 Å². The Morgan fingerprint density at radius 3 is 2.00 bits per heavy atom. The predicted octanol–water partition coefficient (Wildman–Crippen LogP) is 3.28.